The summed E-state index contributed by atoms with van der Waals surface area (Å²) in [6, 6.07) is 4.35. The van der Waals surface area contributed by atoms with E-state index in [0.29, 0.717) is 23.0 Å². The van der Waals surface area contributed by atoms with E-state index >= 15 is 0 Å². The number of hydrogen-bond donors (Lipinski definition) is 1. The molecule has 2 fully saturated rings. The molecule has 1 aromatic heterocycles. The third-order valence-corrected chi connectivity index (χ3v) is 6.48. The summed E-state index contributed by atoms with van der Waals surface area (Å²) in [5.74, 6) is 2.15. The van der Waals surface area contributed by atoms with Gasteiger partial charge in [0.05, 0.1) is 0 Å². The van der Waals surface area contributed by atoms with Gasteiger partial charge >= 0.3 is 6.09 Å². The molecular weight excluding hydrogens is 489 g/mol. The second-order valence-electron chi connectivity index (χ2n) is 9.08. The molecule has 1 saturated heterocycles. The van der Waals surface area contributed by atoms with Crippen LogP contribution in [0, 0.1) is 15.4 Å². The first-order chi connectivity index (χ1) is 13.2. The van der Waals surface area contributed by atoms with E-state index in [1.807, 2.05) is 37.8 Å². The van der Waals surface area contributed by atoms with Crippen molar-refractivity contribution in [3.8, 4) is 0 Å². The zero-order valence-corrected chi connectivity index (χ0v) is 19.9. The summed E-state index contributed by atoms with van der Waals surface area (Å²) in [7, 11) is 0. The maximum Gasteiger partial charge on any atom is 0.410 e. The minimum absolute atomic E-state index is 0.158. The number of hydrogen-bond acceptors (Lipinski definition) is 4. The first-order valence-corrected chi connectivity index (χ1v) is 11.7. The maximum atomic E-state index is 12.4. The molecule has 3 rings (SSSR count). The fraction of sp³-hybridized carbons (Fsp3) is 0.714. The van der Waals surface area contributed by atoms with E-state index in [2.05, 4.69) is 32.9 Å². The number of nitrogens with one attached hydrogen (secondary N) is 1. The number of halogens is 2. The summed E-state index contributed by atoms with van der Waals surface area (Å²) in [5.41, 5.74) is -0.431. The summed E-state index contributed by atoms with van der Waals surface area (Å²) in [6.45, 7) is 7.44. The van der Waals surface area contributed by atoms with Gasteiger partial charge in [0.1, 0.15) is 16.6 Å². The number of carbonyl (C=O) groups excluding carboxylic acids is 1. The lowest BCUT2D eigenvalue weighted by Gasteiger charge is -2.40. The first-order valence-electron chi connectivity index (χ1n) is 10.3. The molecule has 0 aromatic carbocycles. The molecule has 1 amide bonds. The van der Waals surface area contributed by atoms with E-state index < -0.39 is 5.60 Å². The van der Waals surface area contributed by atoms with E-state index in [-0.39, 0.29) is 6.09 Å². The molecule has 28 heavy (non-hydrogen) atoms. The zero-order chi connectivity index (χ0) is 20.3. The van der Waals surface area contributed by atoms with Gasteiger partial charge in [0.25, 0.3) is 0 Å². The summed E-state index contributed by atoms with van der Waals surface area (Å²) >= 11 is 8.34. The largest absolute Gasteiger partial charge is 0.444 e. The average molecular weight is 520 g/mol. The van der Waals surface area contributed by atoms with Gasteiger partial charge in [-0.2, -0.15) is 0 Å². The first kappa shape index (κ1) is 21.9. The predicted molar refractivity (Wildman–Crippen MR) is 122 cm³/mol. The van der Waals surface area contributed by atoms with Crippen LogP contribution in [0.1, 0.15) is 59.3 Å². The number of ether oxygens (including phenoxy) is 1. The molecular formula is C21H31ClIN3O2. The molecule has 1 aliphatic heterocycles. The minimum Gasteiger partial charge on any atom is -0.444 e. The van der Waals surface area contributed by atoms with Crippen LogP contribution in [0.3, 0.4) is 0 Å². The topological polar surface area (TPSA) is 54.5 Å². The van der Waals surface area contributed by atoms with Crippen LogP contribution in [-0.2, 0) is 4.74 Å². The van der Waals surface area contributed by atoms with Crippen molar-refractivity contribution in [1.29, 1.82) is 0 Å². The number of likely N-dealkylation sites (tertiary alicyclic amines) is 1. The van der Waals surface area contributed by atoms with Crippen molar-refractivity contribution in [3.05, 3.63) is 20.9 Å². The molecule has 2 heterocycles. The molecule has 0 spiro atoms. The molecule has 1 N–H and O–H groups in total. The lowest BCUT2D eigenvalue weighted by molar-refractivity contribution is 0.0112. The summed E-state index contributed by atoms with van der Waals surface area (Å²) in [5, 5.41) is 4.09. The molecule has 5 nitrogen and oxygen atoms in total. The van der Waals surface area contributed by atoms with Crippen LogP contribution >= 0.6 is 34.2 Å². The van der Waals surface area contributed by atoms with E-state index in [4.69, 9.17) is 16.3 Å². The molecule has 1 aromatic rings. The van der Waals surface area contributed by atoms with Crippen LogP contribution in [0.4, 0.5) is 10.6 Å². The van der Waals surface area contributed by atoms with Crippen LogP contribution in [-0.4, -0.2) is 40.7 Å². The Morgan fingerprint density at radius 3 is 2.57 bits per heavy atom. The van der Waals surface area contributed by atoms with Gasteiger partial charge in [-0.15, -0.1) is 0 Å². The SMILES string of the molecule is CC(C)(C)OC(=O)N1CCCC(C2CCC(Nc3cc(I)cc(Cl)n3)CC2)C1. The number of rotatable bonds is 3. The van der Waals surface area contributed by atoms with Crippen molar-refractivity contribution >= 4 is 46.1 Å². The van der Waals surface area contributed by atoms with Crippen LogP contribution in [0.15, 0.2) is 12.1 Å². The van der Waals surface area contributed by atoms with Crippen LogP contribution in [0.5, 0.6) is 0 Å². The molecule has 156 valence electrons. The Morgan fingerprint density at radius 1 is 1.21 bits per heavy atom. The third-order valence-electron chi connectivity index (χ3n) is 5.66. The van der Waals surface area contributed by atoms with Gasteiger partial charge in [-0.05, 0) is 106 Å². The highest BCUT2D eigenvalue weighted by Gasteiger charge is 2.33. The highest BCUT2D eigenvalue weighted by Crippen LogP contribution is 2.36. The van der Waals surface area contributed by atoms with E-state index in [9.17, 15) is 4.79 Å². The molecule has 0 bridgehead atoms. The fourth-order valence-corrected chi connectivity index (χ4v) is 5.35. The quantitative estimate of drug-likeness (QED) is 0.396. The van der Waals surface area contributed by atoms with Crippen molar-refractivity contribution in [2.24, 2.45) is 11.8 Å². The summed E-state index contributed by atoms with van der Waals surface area (Å²) in [6.07, 6.45) is 6.80. The van der Waals surface area contributed by atoms with Crippen LogP contribution in [0.2, 0.25) is 5.15 Å². The van der Waals surface area contributed by atoms with Crippen LogP contribution < -0.4 is 5.32 Å². The molecule has 1 aliphatic carbocycles. The number of amides is 1. The van der Waals surface area contributed by atoms with Crippen molar-refractivity contribution in [3.63, 3.8) is 0 Å². The van der Waals surface area contributed by atoms with Gasteiger partial charge in [-0.25, -0.2) is 9.78 Å². The molecule has 1 saturated carbocycles. The monoisotopic (exact) mass is 519 g/mol. The zero-order valence-electron chi connectivity index (χ0n) is 17.0. The Labute approximate surface area is 187 Å². The third kappa shape index (κ3) is 6.37. The smallest absolute Gasteiger partial charge is 0.410 e. The maximum absolute atomic E-state index is 12.4. The van der Waals surface area contributed by atoms with Crippen molar-refractivity contribution < 1.29 is 9.53 Å². The number of aromatic nitrogens is 1. The van der Waals surface area contributed by atoms with E-state index in [1.54, 1.807) is 0 Å². The van der Waals surface area contributed by atoms with E-state index in [0.717, 1.165) is 41.7 Å². The Hall–Kier alpha value is -0.760. The van der Waals surface area contributed by atoms with Gasteiger partial charge in [0.15, 0.2) is 0 Å². The highest BCUT2D eigenvalue weighted by atomic mass is 127. The van der Waals surface area contributed by atoms with Gasteiger partial charge in [0, 0.05) is 22.7 Å². The fourth-order valence-electron chi connectivity index (χ4n) is 4.37. The number of anilines is 1. The lowest BCUT2D eigenvalue weighted by atomic mass is 9.75. The summed E-state index contributed by atoms with van der Waals surface area (Å²) < 4.78 is 6.67. The lowest BCUT2D eigenvalue weighted by Crippen LogP contribution is -2.45. The summed E-state index contributed by atoms with van der Waals surface area (Å²) in [4.78, 5) is 18.7. The Balaban J connectivity index is 1.49. The number of piperidine rings is 1. The highest BCUT2D eigenvalue weighted by molar-refractivity contribution is 14.1. The normalized spacial score (nSPS) is 26.0. The second-order valence-corrected chi connectivity index (χ2v) is 10.7. The number of nitrogens with zero attached hydrogens (tertiary/aromatic N) is 2. The van der Waals surface area contributed by atoms with Crippen molar-refractivity contribution in [1.82, 2.24) is 9.88 Å². The van der Waals surface area contributed by atoms with Gasteiger partial charge < -0.3 is 15.0 Å². The average Bonchev–Trinajstić information content (AvgIpc) is 2.60. The predicted octanol–water partition coefficient (Wildman–Crippen LogP) is 5.96. The van der Waals surface area contributed by atoms with Gasteiger partial charge in [-0.3, -0.25) is 0 Å². The number of pyridine rings is 1. The molecule has 0 radical (unpaired) electrons. The van der Waals surface area contributed by atoms with Crippen molar-refractivity contribution in [2.75, 3.05) is 18.4 Å². The standard InChI is InChI=1S/C21H31ClIN3O2/c1-21(2,3)28-20(27)26-10-4-5-15(13-26)14-6-8-17(9-7-14)24-19-12-16(23)11-18(22)25-19/h11-12,14-15,17H,4-10,13H2,1-3H3,(H,24,25). The second kappa shape index (κ2) is 9.37. The van der Waals surface area contributed by atoms with Crippen molar-refractivity contribution in [2.45, 2.75) is 70.9 Å². The number of carbonyl (C=O) groups is 1. The Bertz CT molecular complexity index is 666. The molecule has 7 heteroatoms. The molecule has 1 atom stereocenters. The van der Waals surface area contributed by atoms with Gasteiger partial charge in [-0.1, -0.05) is 11.6 Å². The van der Waals surface area contributed by atoms with Crippen LogP contribution in [0.25, 0.3) is 0 Å². The minimum atomic E-state index is -0.431. The van der Waals surface area contributed by atoms with Gasteiger partial charge in [0.2, 0.25) is 0 Å². The Morgan fingerprint density at radius 2 is 1.93 bits per heavy atom. The molecule has 2 aliphatic rings. The molecule has 1 unspecified atom stereocenters. The Kier molecular flexibility index (Phi) is 7.34. The van der Waals surface area contributed by atoms with E-state index in [1.165, 1.54) is 19.3 Å².